The Labute approximate surface area is 115 Å². The molecule has 0 bridgehead atoms. The van der Waals surface area contributed by atoms with Gasteiger partial charge in [-0.15, -0.1) is 20.5 Å². The van der Waals surface area contributed by atoms with Gasteiger partial charge >= 0.3 is 23.8 Å². The first-order valence-corrected chi connectivity index (χ1v) is 4.06. The van der Waals surface area contributed by atoms with E-state index in [0.29, 0.717) is 0 Å². The molecule has 2 unspecified atom stereocenters. The number of nitrogens with zero attached hydrogens (tertiary/aromatic N) is 6. The van der Waals surface area contributed by atoms with Crippen LogP contribution in [0.4, 0.5) is 8.78 Å². The minimum atomic E-state index is -2.86. The van der Waals surface area contributed by atoms with Gasteiger partial charge in [-0.1, -0.05) is 0 Å². The maximum atomic E-state index is 12.4. The minimum absolute atomic E-state index is 0. The fourth-order valence-corrected chi connectivity index (χ4v) is 0.657. The first-order chi connectivity index (χ1) is 8.30. The zero-order chi connectivity index (χ0) is 13.8. The molecule has 2 N–H and O–H groups in total. The molecule has 0 fully saturated rings. The molecule has 0 aromatic heterocycles. The van der Waals surface area contributed by atoms with Gasteiger partial charge in [-0.2, -0.15) is 18.8 Å². The van der Waals surface area contributed by atoms with Crippen molar-refractivity contribution in [3.63, 3.8) is 0 Å². The van der Waals surface area contributed by atoms with E-state index in [-0.39, 0.29) is 19.5 Å². The predicted molar refractivity (Wildman–Crippen MR) is 49.6 cm³/mol. The predicted octanol–water partition coefficient (Wildman–Crippen LogP) is 0.374. The molecule has 0 amide bonds. The molecule has 19 heavy (non-hydrogen) atoms. The summed E-state index contributed by atoms with van der Waals surface area (Å²) in [5.74, 6) is -9.22. The third-order valence-electron chi connectivity index (χ3n) is 1.49. The molecule has 13 heteroatoms. The molecule has 2 atom stereocenters. The smallest absolute Gasteiger partial charge is 0.411 e. The number of hydrogen-bond acceptors (Lipinski definition) is 8. The molecule has 0 aromatic carbocycles. The van der Waals surface area contributed by atoms with E-state index < -0.39 is 23.8 Å². The van der Waals surface area contributed by atoms with Crippen LogP contribution in [0, 0.1) is 0 Å². The number of carbonyl (C=O) groups is 2. The molecular weight excluding hydrogens is 323 g/mol. The first-order valence-electron chi connectivity index (χ1n) is 4.06. The van der Waals surface area contributed by atoms with Crippen LogP contribution in [0.1, 0.15) is 0 Å². The van der Waals surface area contributed by atoms with Gasteiger partial charge in [-0.05, 0) is 0 Å². The summed E-state index contributed by atoms with van der Waals surface area (Å²) in [6.45, 7) is 0. The fourth-order valence-electron chi connectivity index (χ4n) is 0.657. The van der Waals surface area contributed by atoms with Gasteiger partial charge in [-0.3, -0.25) is 0 Å². The van der Waals surface area contributed by atoms with E-state index in [4.69, 9.17) is 10.2 Å². The average Bonchev–Trinajstić information content (AvgIpc) is 2.90. The molecule has 0 spiro atoms. The van der Waals surface area contributed by atoms with Crippen molar-refractivity contribution in [1.82, 2.24) is 0 Å². The van der Waals surface area contributed by atoms with E-state index in [0.717, 1.165) is 12.7 Å². The van der Waals surface area contributed by atoms with E-state index in [9.17, 15) is 18.4 Å². The third-order valence-corrected chi connectivity index (χ3v) is 1.49. The second kappa shape index (κ2) is 6.22. The molecule has 0 saturated heterocycles. The summed E-state index contributed by atoms with van der Waals surface area (Å²) < 4.78 is 24.8. The van der Waals surface area contributed by atoms with Crippen molar-refractivity contribution in [3.8, 4) is 0 Å². The van der Waals surface area contributed by atoms with Crippen molar-refractivity contribution < 1.29 is 48.1 Å². The van der Waals surface area contributed by atoms with Gasteiger partial charge in [0.25, 0.3) is 0 Å². The molecule has 2 aliphatic rings. The zero-order valence-electron chi connectivity index (χ0n) is 9.01. The van der Waals surface area contributed by atoms with Gasteiger partial charge < -0.3 is 10.2 Å². The molecule has 2 aliphatic heterocycles. The van der Waals surface area contributed by atoms with E-state index in [1.54, 1.807) is 0 Å². The van der Waals surface area contributed by atoms with Gasteiger partial charge in [0, 0.05) is 19.5 Å². The van der Waals surface area contributed by atoms with Crippen LogP contribution in [-0.2, 0) is 29.1 Å². The topological polar surface area (TPSA) is 149 Å². The van der Waals surface area contributed by atoms with Crippen molar-refractivity contribution in [1.29, 1.82) is 0 Å². The Balaban J connectivity index is 0.000000324. The molecule has 10 nitrogen and oxygen atoms in total. The zero-order valence-corrected chi connectivity index (χ0v) is 12.0. The molecular formula is C6H4F2N6O4Zn. The SMILES string of the molecule is O=C(O)C1(F)N=CN=N1.O=C(O)C1(F)N=CN=N1.[Zn]. The second-order valence-electron chi connectivity index (χ2n) is 2.70. The van der Waals surface area contributed by atoms with E-state index in [1.165, 1.54) is 0 Å². The Morgan fingerprint density at radius 1 is 0.895 bits per heavy atom. The average molecular weight is 328 g/mol. The summed E-state index contributed by atoms with van der Waals surface area (Å²) in [4.78, 5) is 25.4. The van der Waals surface area contributed by atoms with Crippen LogP contribution in [0.3, 0.4) is 0 Å². The molecule has 2 rings (SSSR count). The van der Waals surface area contributed by atoms with Crippen molar-refractivity contribution in [2.24, 2.45) is 30.4 Å². The Morgan fingerprint density at radius 3 is 1.32 bits per heavy atom. The Kier molecular flexibility index (Phi) is 5.56. The summed E-state index contributed by atoms with van der Waals surface area (Å²) >= 11 is 0. The molecule has 2 heterocycles. The van der Waals surface area contributed by atoms with Gasteiger partial charge in [0.05, 0.1) is 0 Å². The van der Waals surface area contributed by atoms with Crippen LogP contribution < -0.4 is 0 Å². The van der Waals surface area contributed by atoms with Crippen LogP contribution in [0.25, 0.3) is 0 Å². The second-order valence-corrected chi connectivity index (χ2v) is 2.70. The van der Waals surface area contributed by atoms with E-state index in [1.807, 2.05) is 0 Å². The third kappa shape index (κ3) is 3.98. The van der Waals surface area contributed by atoms with Gasteiger partial charge in [0.15, 0.2) is 0 Å². The number of hydrogen-bond donors (Lipinski definition) is 2. The van der Waals surface area contributed by atoms with Crippen LogP contribution in [0.15, 0.2) is 30.4 Å². The van der Waals surface area contributed by atoms with E-state index in [2.05, 4.69) is 30.4 Å². The number of carboxylic acids is 2. The number of rotatable bonds is 2. The normalized spacial score (nSPS) is 29.6. The van der Waals surface area contributed by atoms with Crippen molar-refractivity contribution in [2.45, 2.75) is 11.8 Å². The maximum Gasteiger partial charge on any atom is 0.411 e. The number of carboxylic acid groups (broad SMARTS) is 2. The number of halogens is 2. The first kappa shape index (κ1) is 17.0. The number of aliphatic imine (C=N–C) groups is 2. The standard InChI is InChI=1S/2C3H2FN3O2.Zn/c2*4-3(2(8)9)5-1-6-7-3;/h2*1H,(H,8,9);. The Hall–Kier alpha value is -2.04. The molecule has 0 aliphatic carbocycles. The van der Waals surface area contributed by atoms with E-state index >= 15 is 0 Å². The summed E-state index contributed by atoms with van der Waals surface area (Å²) in [6.07, 6.45) is 1.52. The Bertz CT molecular complexity index is 424. The molecule has 0 saturated carbocycles. The molecule has 0 aromatic rings. The van der Waals surface area contributed by atoms with Crippen molar-refractivity contribution in [2.75, 3.05) is 0 Å². The van der Waals surface area contributed by atoms with Gasteiger partial charge in [0.1, 0.15) is 12.7 Å². The summed E-state index contributed by atoms with van der Waals surface area (Å²) in [7, 11) is 0. The quantitative estimate of drug-likeness (QED) is 0.556. The molecule has 0 radical (unpaired) electrons. The summed E-state index contributed by atoms with van der Waals surface area (Å²) in [6, 6.07) is 0. The van der Waals surface area contributed by atoms with Crippen LogP contribution in [-0.4, -0.2) is 46.7 Å². The fraction of sp³-hybridized carbons (Fsp3) is 0.333. The number of azo groups is 2. The maximum absolute atomic E-state index is 12.4. The van der Waals surface area contributed by atoms with Crippen molar-refractivity contribution >= 4 is 24.6 Å². The van der Waals surface area contributed by atoms with Crippen LogP contribution in [0.2, 0.25) is 0 Å². The largest absolute Gasteiger partial charge is 0.476 e. The Morgan fingerprint density at radius 2 is 1.21 bits per heavy atom. The number of alkyl halides is 2. The van der Waals surface area contributed by atoms with Crippen molar-refractivity contribution in [3.05, 3.63) is 0 Å². The van der Waals surface area contributed by atoms with Gasteiger partial charge in [0.2, 0.25) is 0 Å². The minimum Gasteiger partial charge on any atom is -0.476 e. The summed E-state index contributed by atoms with van der Waals surface area (Å²) in [5.41, 5.74) is 0. The van der Waals surface area contributed by atoms with Crippen LogP contribution in [0.5, 0.6) is 0 Å². The monoisotopic (exact) mass is 326 g/mol. The molecule has 98 valence electrons. The van der Waals surface area contributed by atoms with Gasteiger partial charge in [-0.25, -0.2) is 9.59 Å². The number of aliphatic carboxylic acids is 2. The van der Waals surface area contributed by atoms with Crippen LogP contribution >= 0.6 is 0 Å². The summed E-state index contributed by atoms with van der Waals surface area (Å²) in [5, 5.41) is 27.3.